The Morgan fingerprint density at radius 2 is 1.41 bits per heavy atom. The van der Waals surface area contributed by atoms with Crippen molar-refractivity contribution in [2.75, 3.05) is 4.90 Å². The van der Waals surface area contributed by atoms with Crippen LogP contribution >= 0.6 is 0 Å². The van der Waals surface area contributed by atoms with Gasteiger partial charge >= 0.3 is 0 Å². The van der Waals surface area contributed by atoms with E-state index in [0.717, 1.165) is 31.5 Å². The molecule has 8 heteroatoms. The zero-order valence-corrected chi connectivity index (χ0v) is 15.9. The number of hydrogen-bond acceptors (Lipinski definition) is 5. The fraction of sp³-hybridized carbons (Fsp3) is 0.333. The first kappa shape index (κ1) is 18.9. The van der Waals surface area contributed by atoms with Crippen LogP contribution in [0, 0.1) is 0 Å². The molecule has 2 saturated heterocycles. The Morgan fingerprint density at radius 3 is 1.93 bits per heavy atom. The van der Waals surface area contributed by atoms with E-state index in [1.807, 2.05) is 6.07 Å². The van der Waals surface area contributed by atoms with Gasteiger partial charge in [-0.2, -0.15) is 0 Å². The van der Waals surface area contributed by atoms with Gasteiger partial charge in [-0.15, -0.1) is 0 Å². The van der Waals surface area contributed by atoms with Crippen LogP contribution in [-0.2, 0) is 0 Å². The molecule has 3 heterocycles. The van der Waals surface area contributed by atoms with E-state index in [2.05, 4.69) is 15.2 Å². The summed E-state index contributed by atoms with van der Waals surface area (Å²) in [7, 11) is 0. The quantitative estimate of drug-likeness (QED) is 0.703. The van der Waals surface area contributed by atoms with Crippen molar-refractivity contribution < 1.29 is 14.4 Å². The lowest BCUT2D eigenvalue weighted by atomic mass is 9.96. The predicted molar refractivity (Wildman–Crippen MR) is 107 cm³/mol. The number of benzene rings is 1. The third-order valence-electron chi connectivity index (χ3n) is 5.80. The number of pyridine rings is 1. The fourth-order valence-electron chi connectivity index (χ4n) is 4.41. The molecule has 5 N–H and O–H groups in total. The molecule has 2 fully saturated rings. The van der Waals surface area contributed by atoms with Crippen molar-refractivity contribution in [3.05, 3.63) is 59.3 Å². The second kappa shape index (κ2) is 7.54. The number of hydrogen-bond donors (Lipinski definition) is 3. The first-order chi connectivity index (χ1) is 13.9. The number of rotatable bonds is 5. The molecule has 0 spiro atoms. The number of amides is 3. The minimum atomic E-state index is -0.515. The van der Waals surface area contributed by atoms with Crippen LogP contribution in [0.2, 0.25) is 0 Å². The lowest BCUT2D eigenvalue weighted by Gasteiger charge is -2.40. The molecule has 1 aromatic heterocycles. The zero-order valence-electron chi connectivity index (χ0n) is 15.9. The topological polar surface area (TPSA) is 131 Å². The Hall–Kier alpha value is -3.42. The third-order valence-corrected chi connectivity index (χ3v) is 5.80. The average Bonchev–Trinajstić information content (AvgIpc) is 2.98. The number of carbonyl (C=O) groups excluding carboxylic acids is 3. The molecule has 2 aromatic rings. The Morgan fingerprint density at radius 1 is 0.862 bits per heavy atom. The molecule has 3 atom stereocenters. The van der Waals surface area contributed by atoms with E-state index in [4.69, 9.17) is 11.5 Å². The van der Waals surface area contributed by atoms with E-state index in [9.17, 15) is 14.4 Å². The van der Waals surface area contributed by atoms with Gasteiger partial charge in [0.05, 0.1) is 5.56 Å². The molecule has 8 nitrogen and oxygen atoms in total. The number of piperidine rings is 1. The van der Waals surface area contributed by atoms with E-state index in [1.54, 1.807) is 30.3 Å². The maximum absolute atomic E-state index is 12.6. The summed E-state index contributed by atoms with van der Waals surface area (Å²) >= 11 is 0. The van der Waals surface area contributed by atoms with Crippen molar-refractivity contribution in [3.8, 4) is 0 Å². The number of fused-ring (bicyclic) bond motifs is 2. The number of nitrogens with zero attached hydrogens (tertiary/aromatic N) is 2. The highest BCUT2D eigenvalue weighted by Crippen LogP contribution is 2.38. The van der Waals surface area contributed by atoms with Gasteiger partial charge in [0.2, 0.25) is 11.8 Å². The largest absolute Gasteiger partial charge is 0.366 e. The monoisotopic (exact) mass is 393 g/mol. The van der Waals surface area contributed by atoms with Crippen LogP contribution < -0.4 is 21.7 Å². The average molecular weight is 393 g/mol. The van der Waals surface area contributed by atoms with Crippen LogP contribution in [0.3, 0.4) is 0 Å². The van der Waals surface area contributed by atoms with Gasteiger partial charge in [0.15, 0.2) is 0 Å². The molecule has 4 rings (SSSR count). The molecule has 3 amide bonds. The fourth-order valence-corrected chi connectivity index (χ4v) is 4.41. The van der Waals surface area contributed by atoms with Gasteiger partial charge in [-0.05, 0) is 62.1 Å². The zero-order chi connectivity index (χ0) is 20.5. The summed E-state index contributed by atoms with van der Waals surface area (Å²) < 4.78 is 0. The van der Waals surface area contributed by atoms with Gasteiger partial charge in [0.25, 0.3) is 5.91 Å². The van der Waals surface area contributed by atoms with Crippen molar-refractivity contribution in [1.29, 1.82) is 0 Å². The summed E-state index contributed by atoms with van der Waals surface area (Å²) in [6, 6.07) is 10.6. The number of anilines is 1. The third kappa shape index (κ3) is 3.78. The Balaban J connectivity index is 1.41. The molecule has 0 aliphatic carbocycles. The second-order valence-electron chi connectivity index (χ2n) is 7.64. The van der Waals surface area contributed by atoms with Crippen molar-refractivity contribution in [2.45, 2.75) is 43.8 Å². The summed E-state index contributed by atoms with van der Waals surface area (Å²) in [4.78, 5) is 41.7. The first-order valence-electron chi connectivity index (χ1n) is 9.67. The second-order valence-corrected chi connectivity index (χ2v) is 7.64. The number of nitrogens with two attached hydrogens (primary N) is 2. The van der Waals surface area contributed by atoms with Gasteiger partial charge in [-0.3, -0.25) is 14.4 Å². The molecule has 29 heavy (non-hydrogen) atoms. The lowest BCUT2D eigenvalue weighted by Crippen LogP contribution is -2.50. The normalized spacial score (nSPS) is 22.9. The van der Waals surface area contributed by atoms with Crippen LogP contribution in [0.15, 0.2) is 42.6 Å². The summed E-state index contributed by atoms with van der Waals surface area (Å²) in [6.45, 7) is 0. The smallest absolute Gasteiger partial charge is 0.251 e. The standard InChI is InChI=1S/C21H23N5O3/c22-19(27)12-1-3-13(4-2-12)21(29)25-15-9-16-6-7-17(10-15)26(16)18-8-5-14(11-24-18)20(23)28/h1-5,8,11,15-17H,6-7,9-10H2,(H2,22,27)(H2,23,28)(H,25,29)/t15?,16-,17+. The first-order valence-corrected chi connectivity index (χ1v) is 9.67. The molecule has 1 aromatic carbocycles. The summed E-state index contributed by atoms with van der Waals surface area (Å²) in [5, 5.41) is 3.12. The van der Waals surface area contributed by atoms with Crippen molar-refractivity contribution in [2.24, 2.45) is 11.5 Å². The highest BCUT2D eigenvalue weighted by molar-refractivity contribution is 5.97. The molecule has 150 valence electrons. The van der Waals surface area contributed by atoms with E-state index in [0.29, 0.717) is 28.8 Å². The van der Waals surface area contributed by atoms with Crippen LogP contribution in [-0.4, -0.2) is 40.8 Å². The maximum atomic E-state index is 12.6. The molecule has 1 unspecified atom stereocenters. The van der Waals surface area contributed by atoms with Gasteiger partial charge in [-0.25, -0.2) is 4.98 Å². The molecule has 2 aliphatic rings. The Kier molecular flexibility index (Phi) is 4.92. The van der Waals surface area contributed by atoms with Crippen LogP contribution in [0.25, 0.3) is 0 Å². The Bertz CT molecular complexity index is 928. The van der Waals surface area contributed by atoms with E-state index < -0.39 is 11.8 Å². The molecule has 2 bridgehead atoms. The minimum Gasteiger partial charge on any atom is -0.366 e. The van der Waals surface area contributed by atoms with E-state index in [1.165, 1.54) is 6.20 Å². The van der Waals surface area contributed by atoms with Crippen LogP contribution in [0.4, 0.5) is 5.82 Å². The number of primary amides is 2. The molecule has 0 saturated carbocycles. The SMILES string of the molecule is NC(=O)c1ccc(C(=O)NC2C[C@H]3CC[C@@H](C2)N3c2ccc(C(N)=O)cn2)cc1. The molecular formula is C21H23N5O3. The van der Waals surface area contributed by atoms with Gasteiger partial charge < -0.3 is 21.7 Å². The molecular weight excluding hydrogens is 370 g/mol. The summed E-state index contributed by atoms with van der Waals surface area (Å²) in [6.07, 6.45) is 5.27. The highest BCUT2D eigenvalue weighted by Gasteiger charge is 2.41. The number of nitrogens with one attached hydrogen (secondary N) is 1. The van der Waals surface area contributed by atoms with Crippen molar-refractivity contribution in [3.63, 3.8) is 0 Å². The van der Waals surface area contributed by atoms with Crippen LogP contribution in [0.1, 0.15) is 56.8 Å². The number of aromatic nitrogens is 1. The summed E-state index contributed by atoms with van der Waals surface area (Å²) in [5.41, 5.74) is 11.8. The van der Waals surface area contributed by atoms with Gasteiger partial charge in [-0.1, -0.05) is 0 Å². The summed E-state index contributed by atoms with van der Waals surface area (Å²) in [5.74, 6) is -0.312. The van der Waals surface area contributed by atoms with Crippen molar-refractivity contribution in [1.82, 2.24) is 10.3 Å². The highest BCUT2D eigenvalue weighted by atomic mass is 16.2. The van der Waals surface area contributed by atoms with Crippen LogP contribution in [0.5, 0.6) is 0 Å². The Labute approximate surface area is 168 Å². The lowest BCUT2D eigenvalue weighted by molar-refractivity contribution is 0.0924. The molecule has 0 radical (unpaired) electrons. The van der Waals surface area contributed by atoms with Gasteiger partial charge in [0, 0.05) is 35.4 Å². The van der Waals surface area contributed by atoms with Gasteiger partial charge in [0.1, 0.15) is 5.82 Å². The predicted octanol–water partition coefficient (Wildman–Crippen LogP) is 1.21. The number of carbonyl (C=O) groups is 3. The van der Waals surface area contributed by atoms with E-state index in [-0.39, 0.29) is 11.9 Å². The van der Waals surface area contributed by atoms with E-state index >= 15 is 0 Å². The minimum absolute atomic E-state index is 0.0805. The molecule has 2 aliphatic heterocycles. The van der Waals surface area contributed by atoms with Crippen molar-refractivity contribution >= 4 is 23.5 Å². The maximum Gasteiger partial charge on any atom is 0.251 e.